The average Bonchev–Trinajstić information content (AvgIpc) is 3.22. The van der Waals surface area contributed by atoms with Crippen molar-refractivity contribution >= 4 is 107 Å². The topological polar surface area (TPSA) is 41.9 Å². The number of ether oxygens (including phenoxy) is 1. The summed E-state index contributed by atoms with van der Waals surface area (Å²) in [6.07, 6.45) is 1.83. The number of anilines is 1. The summed E-state index contributed by atoms with van der Waals surface area (Å²) in [6, 6.07) is 22.4. The van der Waals surface area contributed by atoms with Crippen LogP contribution in [0.3, 0.4) is 0 Å². The van der Waals surface area contributed by atoms with E-state index in [4.69, 9.17) is 44.5 Å². The lowest BCUT2D eigenvalue weighted by Crippen LogP contribution is -2.28. The van der Waals surface area contributed by atoms with Gasteiger partial charge in [-0.15, -0.1) is 0 Å². The third-order valence-electron chi connectivity index (χ3n) is 6.21. The van der Waals surface area contributed by atoms with E-state index in [1.54, 1.807) is 17.0 Å². The van der Waals surface area contributed by atoms with Gasteiger partial charge in [-0.3, -0.25) is 9.69 Å². The van der Waals surface area contributed by atoms with Gasteiger partial charge in [0, 0.05) is 15.1 Å². The van der Waals surface area contributed by atoms with Crippen LogP contribution in [0.15, 0.2) is 91.6 Å². The van der Waals surface area contributed by atoms with Crippen LogP contribution in [0.4, 0.5) is 11.4 Å². The first-order valence-corrected chi connectivity index (χ1v) is 15.8. The lowest BCUT2D eigenvalue weighted by Gasteiger charge is -2.16. The first kappa shape index (κ1) is 30.2. The summed E-state index contributed by atoms with van der Waals surface area (Å²) in [7, 11) is 0. The molecular weight excluding hydrogens is 731 g/mol. The first-order valence-electron chi connectivity index (χ1n) is 12.3. The summed E-state index contributed by atoms with van der Waals surface area (Å²) in [6.45, 7) is 4.22. The Balaban J connectivity index is 1.47. The van der Waals surface area contributed by atoms with Crippen molar-refractivity contribution in [2.45, 2.75) is 20.5 Å². The molecule has 5 rings (SSSR count). The zero-order valence-corrected chi connectivity index (χ0v) is 28.0. The molecule has 0 unspecified atom stereocenters. The molecule has 4 nitrogen and oxygen atoms in total. The number of carbonyl (C=O) groups is 1. The molecule has 0 N–H and O–H groups in total. The lowest BCUT2D eigenvalue weighted by atomic mass is 10.2. The maximum absolute atomic E-state index is 13.8. The molecule has 10 heteroatoms. The maximum Gasteiger partial charge on any atom is 0.271 e. The SMILES string of the molecule is Cc1ccc(N=C2S/C(=C/c3cc(Br)c(OCc4ccc(Cl)cc4)c(Br)c3)C(=O)N2c2ccc(C)c(Cl)c2)cc1Cl. The summed E-state index contributed by atoms with van der Waals surface area (Å²) in [5, 5.41) is 2.35. The fourth-order valence-corrected chi connectivity index (χ4v) is 6.87. The van der Waals surface area contributed by atoms with Crippen LogP contribution < -0.4 is 9.64 Å². The number of aliphatic imine (C=N–C) groups is 1. The summed E-state index contributed by atoms with van der Waals surface area (Å²) in [4.78, 5) is 20.6. The van der Waals surface area contributed by atoms with Crippen molar-refractivity contribution < 1.29 is 9.53 Å². The number of carbonyl (C=O) groups excluding carboxylic acids is 1. The van der Waals surface area contributed by atoms with Crippen LogP contribution in [0.2, 0.25) is 15.1 Å². The van der Waals surface area contributed by atoms with Crippen LogP contribution >= 0.6 is 78.4 Å². The van der Waals surface area contributed by atoms with Gasteiger partial charge in [0.05, 0.1) is 25.2 Å². The number of nitrogens with zero attached hydrogens (tertiary/aromatic N) is 2. The molecule has 1 amide bonds. The normalized spacial score (nSPS) is 15.3. The highest BCUT2D eigenvalue weighted by molar-refractivity contribution is 9.11. The van der Waals surface area contributed by atoms with Crippen molar-refractivity contribution in [3.8, 4) is 5.75 Å². The minimum absolute atomic E-state index is 0.206. The quantitative estimate of drug-likeness (QED) is 0.184. The molecule has 41 heavy (non-hydrogen) atoms. The molecule has 1 heterocycles. The van der Waals surface area contributed by atoms with E-state index >= 15 is 0 Å². The minimum Gasteiger partial charge on any atom is -0.487 e. The van der Waals surface area contributed by atoms with E-state index < -0.39 is 0 Å². The van der Waals surface area contributed by atoms with E-state index in [-0.39, 0.29) is 5.91 Å². The summed E-state index contributed by atoms with van der Waals surface area (Å²) in [5.41, 5.74) is 4.94. The number of benzene rings is 4. The van der Waals surface area contributed by atoms with E-state index in [1.807, 2.05) is 80.6 Å². The third-order valence-corrected chi connectivity index (χ3v) is 9.43. The van der Waals surface area contributed by atoms with Crippen LogP contribution in [0, 0.1) is 13.8 Å². The molecular formula is C31H21Br2Cl3N2O2S. The van der Waals surface area contributed by atoms with Crippen LogP contribution in [0.25, 0.3) is 6.08 Å². The molecule has 4 aromatic carbocycles. The molecule has 0 radical (unpaired) electrons. The second kappa shape index (κ2) is 12.9. The zero-order chi connectivity index (χ0) is 29.3. The van der Waals surface area contributed by atoms with Gasteiger partial charge in [-0.05, 0) is 134 Å². The number of amides is 1. The fraction of sp³-hybridized carbons (Fsp3) is 0.0968. The largest absolute Gasteiger partial charge is 0.487 e. The standard InChI is InChI=1S/C31H21Br2Cl3N2O2S/c1-17-3-9-22(14-26(17)35)37-31-38(23-10-4-18(2)27(36)15-23)30(39)28(41-31)13-20-11-24(32)29(25(33)12-20)40-16-19-5-7-21(34)8-6-19/h3-15H,16H2,1-2H3/b28-13+,37-31?. The van der Waals surface area contributed by atoms with Gasteiger partial charge < -0.3 is 4.74 Å². The molecule has 1 fully saturated rings. The van der Waals surface area contributed by atoms with Crippen molar-refractivity contribution in [1.29, 1.82) is 0 Å². The van der Waals surface area contributed by atoms with E-state index in [1.165, 1.54) is 11.8 Å². The average molecular weight is 752 g/mol. The Morgan fingerprint density at radius 2 is 1.51 bits per heavy atom. The van der Waals surface area contributed by atoms with Gasteiger partial charge >= 0.3 is 0 Å². The first-order chi connectivity index (χ1) is 19.6. The third kappa shape index (κ3) is 7.04. The summed E-state index contributed by atoms with van der Waals surface area (Å²) >= 11 is 27.3. The Morgan fingerprint density at radius 1 is 0.878 bits per heavy atom. The van der Waals surface area contributed by atoms with Crippen LogP contribution in [0.1, 0.15) is 22.3 Å². The Bertz CT molecular complexity index is 1700. The van der Waals surface area contributed by atoms with Crippen LogP contribution in [-0.2, 0) is 11.4 Å². The number of rotatable bonds is 6. The van der Waals surface area contributed by atoms with E-state index in [0.29, 0.717) is 48.9 Å². The molecule has 0 saturated carbocycles. The highest BCUT2D eigenvalue weighted by Crippen LogP contribution is 2.41. The predicted molar refractivity (Wildman–Crippen MR) is 180 cm³/mol. The molecule has 0 atom stereocenters. The lowest BCUT2D eigenvalue weighted by molar-refractivity contribution is -0.113. The molecule has 1 aliphatic rings. The molecule has 208 valence electrons. The monoisotopic (exact) mass is 748 g/mol. The number of aryl methyl sites for hydroxylation is 2. The maximum atomic E-state index is 13.8. The number of amidine groups is 1. The molecule has 0 bridgehead atoms. The number of hydrogen-bond donors (Lipinski definition) is 0. The predicted octanol–water partition coefficient (Wildman–Crippen LogP) is 11.2. The van der Waals surface area contributed by atoms with Crippen LogP contribution in [-0.4, -0.2) is 11.1 Å². The van der Waals surface area contributed by atoms with Crippen molar-refractivity contribution in [1.82, 2.24) is 0 Å². The number of halogens is 5. The highest BCUT2D eigenvalue weighted by Gasteiger charge is 2.35. The summed E-state index contributed by atoms with van der Waals surface area (Å²) in [5.74, 6) is 0.448. The Morgan fingerprint density at radius 3 is 2.15 bits per heavy atom. The van der Waals surface area contributed by atoms with Crippen molar-refractivity contribution in [2.24, 2.45) is 4.99 Å². The van der Waals surface area contributed by atoms with E-state index in [0.717, 1.165) is 31.2 Å². The van der Waals surface area contributed by atoms with Crippen LogP contribution in [0.5, 0.6) is 5.75 Å². The Kier molecular flexibility index (Phi) is 9.53. The molecule has 0 aliphatic carbocycles. The van der Waals surface area contributed by atoms with Crippen molar-refractivity contribution in [2.75, 3.05) is 4.90 Å². The van der Waals surface area contributed by atoms with Gasteiger partial charge in [-0.2, -0.15) is 0 Å². The second-order valence-corrected chi connectivity index (χ2v) is 13.2. The number of thioether (sulfide) groups is 1. The van der Waals surface area contributed by atoms with Crippen molar-refractivity contribution in [3.05, 3.63) is 124 Å². The Labute approximate surface area is 274 Å². The number of hydrogen-bond acceptors (Lipinski definition) is 4. The van der Waals surface area contributed by atoms with Gasteiger partial charge in [-0.1, -0.05) is 59.1 Å². The second-order valence-electron chi connectivity index (χ2n) is 9.24. The molecule has 1 aliphatic heterocycles. The molecule has 0 aromatic heterocycles. The molecule has 1 saturated heterocycles. The van der Waals surface area contributed by atoms with E-state index in [9.17, 15) is 4.79 Å². The van der Waals surface area contributed by atoms with E-state index in [2.05, 4.69) is 31.9 Å². The van der Waals surface area contributed by atoms with Gasteiger partial charge in [0.15, 0.2) is 5.17 Å². The Hall–Kier alpha value is -2.26. The highest BCUT2D eigenvalue weighted by atomic mass is 79.9. The van der Waals surface area contributed by atoms with Gasteiger partial charge in [0.25, 0.3) is 5.91 Å². The van der Waals surface area contributed by atoms with Gasteiger partial charge in [0.1, 0.15) is 12.4 Å². The minimum atomic E-state index is -0.206. The zero-order valence-electron chi connectivity index (χ0n) is 21.7. The van der Waals surface area contributed by atoms with Crippen molar-refractivity contribution in [3.63, 3.8) is 0 Å². The molecule has 0 spiro atoms. The van der Waals surface area contributed by atoms with Gasteiger partial charge in [0.2, 0.25) is 0 Å². The summed E-state index contributed by atoms with van der Waals surface area (Å²) < 4.78 is 7.54. The van der Waals surface area contributed by atoms with Gasteiger partial charge in [-0.25, -0.2) is 4.99 Å². The fourth-order valence-electron chi connectivity index (χ4n) is 3.95. The smallest absolute Gasteiger partial charge is 0.271 e. The molecule has 4 aromatic rings.